The van der Waals surface area contributed by atoms with Crippen molar-refractivity contribution in [2.24, 2.45) is 0 Å². The fourth-order valence-electron chi connectivity index (χ4n) is 2.55. The summed E-state index contributed by atoms with van der Waals surface area (Å²) in [5.41, 5.74) is 5.59. The van der Waals surface area contributed by atoms with Gasteiger partial charge in [-0.05, 0) is 18.2 Å². The van der Waals surface area contributed by atoms with Gasteiger partial charge < -0.3 is 15.4 Å². The molecule has 10 heteroatoms. The molecule has 4 heterocycles. The summed E-state index contributed by atoms with van der Waals surface area (Å²) in [6.45, 7) is 0. The van der Waals surface area contributed by atoms with Crippen molar-refractivity contribution in [2.45, 2.75) is 0 Å². The van der Waals surface area contributed by atoms with E-state index in [9.17, 15) is 14.7 Å². The van der Waals surface area contributed by atoms with Gasteiger partial charge in [0.1, 0.15) is 16.5 Å². The first kappa shape index (κ1) is 16.3. The lowest BCUT2D eigenvalue weighted by atomic mass is 10.2. The minimum absolute atomic E-state index is 0.167. The Morgan fingerprint density at radius 2 is 2.04 bits per heavy atom. The van der Waals surface area contributed by atoms with Crippen LogP contribution in [0.4, 0.5) is 5.69 Å². The molecular weight excluding hydrogens is 378 g/mol. The highest BCUT2D eigenvalue weighted by molar-refractivity contribution is 7.12. The highest BCUT2D eigenvalue weighted by atomic mass is 35.5. The van der Waals surface area contributed by atoms with Crippen LogP contribution in [0.1, 0.15) is 10.4 Å². The maximum Gasteiger partial charge on any atom is 0.341 e. The van der Waals surface area contributed by atoms with Crippen LogP contribution in [0.3, 0.4) is 0 Å². The van der Waals surface area contributed by atoms with E-state index >= 15 is 0 Å². The highest BCUT2D eigenvalue weighted by Crippen LogP contribution is 2.23. The lowest BCUT2D eigenvalue weighted by molar-refractivity contribution is 0.0695. The molecule has 0 fully saturated rings. The largest absolute Gasteiger partial charge is 0.477 e. The van der Waals surface area contributed by atoms with Crippen molar-refractivity contribution in [1.82, 2.24) is 19.1 Å². The predicted octanol–water partition coefficient (Wildman–Crippen LogP) is 2.57. The number of carbonyl (C=O) groups is 1. The molecule has 0 aliphatic carbocycles. The molecule has 0 radical (unpaired) electrons. The van der Waals surface area contributed by atoms with E-state index in [1.807, 2.05) is 0 Å². The van der Waals surface area contributed by atoms with Crippen LogP contribution in [-0.2, 0) is 0 Å². The number of carboxylic acid groups (broad SMARTS) is 1. The monoisotopic (exact) mass is 387 g/mol. The summed E-state index contributed by atoms with van der Waals surface area (Å²) in [6, 6.07) is 4.87. The van der Waals surface area contributed by atoms with E-state index in [4.69, 9.17) is 17.3 Å². The zero-order chi connectivity index (χ0) is 18.4. The summed E-state index contributed by atoms with van der Waals surface area (Å²) < 4.78 is 3.15. The molecule has 0 bridgehead atoms. The van der Waals surface area contributed by atoms with E-state index in [1.54, 1.807) is 34.5 Å². The second kappa shape index (κ2) is 5.97. The molecule has 0 aliphatic heterocycles. The highest BCUT2D eigenvalue weighted by Gasteiger charge is 2.18. The molecule has 0 aromatic carbocycles. The van der Waals surface area contributed by atoms with Crippen molar-refractivity contribution in [3.63, 3.8) is 0 Å². The Balaban J connectivity index is 2.06. The van der Waals surface area contributed by atoms with Gasteiger partial charge in [0.25, 0.3) is 0 Å². The van der Waals surface area contributed by atoms with E-state index in [1.165, 1.54) is 28.2 Å². The molecule has 0 unspecified atom stereocenters. The molecule has 0 atom stereocenters. The number of hydrogen-bond acceptors (Lipinski definition) is 6. The number of carboxylic acids is 1. The molecule has 0 aliphatic rings. The van der Waals surface area contributed by atoms with E-state index in [0.717, 1.165) is 0 Å². The van der Waals surface area contributed by atoms with Crippen molar-refractivity contribution in [3.05, 3.63) is 63.1 Å². The Morgan fingerprint density at radius 3 is 2.65 bits per heavy atom. The quantitative estimate of drug-likeness (QED) is 0.558. The van der Waals surface area contributed by atoms with Gasteiger partial charge in [0.2, 0.25) is 5.43 Å². The zero-order valence-electron chi connectivity index (χ0n) is 13.0. The van der Waals surface area contributed by atoms with Crippen molar-refractivity contribution in [1.29, 1.82) is 0 Å². The zero-order valence-corrected chi connectivity index (χ0v) is 14.5. The van der Waals surface area contributed by atoms with Crippen molar-refractivity contribution >= 4 is 45.6 Å². The van der Waals surface area contributed by atoms with Crippen LogP contribution in [0.2, 0.25) is 5.15 Å². The molecule has 0 saturated carbocycles. The van der Waals surface area contributed by atoms with Crippen LogP contribution in [0.15, 0.2) is 47.0 Å². The number of nitrogen functional groups attached to an aromatic ring is 1. The summed E-state index contributed by atoms with van der Waals surface area (Å²) in [6.07, 6.45) is 4.63. The van der Waals surface area contributed by atoms with Crippen LogP contribution in [0.25, 0.3) is 22.0 Å². The minimum Gasteiger partial charge on any atom is -0.477 e. The number of halogens is 1. The lowest BCUT2D eigenvalue weighted by Crippen LogP contribution is -2.19. The molecule has 8 nitrogen and oxygen atoms in total. The maximum atomic E-state index is 12.5. The first-order valence-corrected chi connectivity index (χ1v) is 8.55. The minimum atomic E-state index is -1.32. The second-order valence-corrected chi connectivity index (χ2v) is 6.62. The number of anilines is 1. The lowest BCUT2D eigenvalue weighted by Gasteiger charge is -2.10. The molecule has 4 rings (SSSR count). The number of nitrogens with zero attached hydrogens (tertiary/aromatic N) is 4. The smallest absolute Gasteiger partial charge is 0.341 e. The fraction of sp³-hybridized carbons (Fsp3) is 0. The number of aromatic carboxylic acids is 1. The van der Waals surface area contributed by atoms with Crippen LogP contribution in [0, 0.1) is 0 Å². The fourth-order valence-corrected chi connectivity index (χ4v) is 3.47. The summed E-state index contributed by atoms with van der Waals surface area (Å²) in [5.74, 6) is -0.802. The predicted molar refractivity (Wildman–Crippen MR) is 98.7 cm³/mol. The molecule has 26 heavy (non-hydrogen) atoms. The average molecular weight is 388 g/mol. The van der Waals surface area contributed by atoms with Gasteiger partial charge in [0, 0.05) is 29.7 Å². The molecule has 4 aromatic heterocycles. The molecule has 0 saturated heterocycles. The summed E-state index contributed by atoms with van der Waals surface area (Å²) in [4.78, 5) is 32.6. The Kier molecular flexibility index (Phi) is 3.74. The third-order valence-electron chi connectivity index (χ3n) is 3.72. The van der Waals surface area contributed by atoms with Crippen molar-refractivity contribution in [2.75, 3.05) is 5.73 Å². The number of fused-ring (bicyclic) bond motifs is 1. The number of pyridine rings is 2. The summed E-state index contributed by atoms with van der Waals surface area (Å²) in [7, 11) is 0. The van der Waals surface area contributed by atoms with Crippen LogP contribution < -0.4 is 11.2 Å². The van der Waals surface area contributed by atoms with Gasteiger partial charge in [0.05, 0.1) is 5.39 Å². The maximum absolute atomic E-state index is 12.5. The third-order valence-corrected chi connectivity index (χ3v) is 4.88. The summed E-state index contributed by atoms with van der Waals surface area (Å²) in [5, 5.41) is 11.8. The van der Waals surface area contributed by atoms with Gasteiger partial charge in [-0.3, -0.25) is 9.36 Å². The molecule has 4 aromatic rings. The van der Waals surface area contributed by atoms with Crippen LogP contribution in [0.5, 0.6) is 0 Å². The Labute approximate surface area is 154 Å². The molecule has 0 amide bonds. The first-order valence-electron chi connectivity index (χ1n) is 7.29. The normalized spacial score (nSPS) is 11.1. The van der Waals surface area contributed by atoms with Crippen LogP contribution in [-0.4, -0.2) is 30.2 Å². The molecule has 3 N–H and O–H groups in total. The first-order chi connectivity index (χ1) is 12.4. The molecule has 130 valence electrons. The third kappa shape index (κ3) is 2.63. The number of thiazole rings is 1. The Hall–Kier alpha value is -3.17. The topological polar surface area (TPSA) is 116 Å². The van der Waals surface area contributed by atoms with Gasteiger partial charge in [-0.15, -0.1) is 11.3 Å². The van der Waals surface area contributed by atoms with Crippen molar-refractivity contribution < 1.29 is 9.90 Å². The number of nitrogens with two attached hydrogens (primary N) is 1. The van der Waals surface area contributed by atoms with E-state index in [0.29, 0.717) is 16.6 Å². The molecular formula is C16H10ClN5O3S. The van der Waals surface area contributed by atoms with Gasteiger partial charge in [0.15, 0.2) is 10.8 Å². The standard InChI is InChI=1S/C16H10ClN5O3S/c17-11-7-26-16(19-11)22-6-10(15(24)25)13(23)9-1-2-12(20-14(9)22)21-4-3-8(18)5-21/h1-7H,18H2,(H,24,25). The Bertz CT molecular complexity index is 1230. The number of hydrogen-bond donors (Lipinski definition) is 2. The average Bonchev–Trinajstić information content (AvgIpc) is 3.23. The molecule has 0 spiro atoms. The van der Waals surface area contributed by atoms with E-state index in [2.05, 4.69) is 9.97 Å². The Morgan fingerprint density at radius 1 is 1.23 bits per heavy atom. The van der Waals surface area contributed by atoms with E-state index < -0.39 is 11.4 Å². The SMILES string of the molecule is Nc1ccn(-c2ccc3c(=O)c(C(=O)O)cn(-c4nc(Cl)cs4)c3n2)c1. The number of rotatable bonds is 3. The van der Waals surface area contributed by atoms with Gasteiger partial charge in [-0.25, -0.2) is 14.8 Å². The van der Waals surface area contributed by atoms with Crippen LogP contribution >= 0.6 is 22.9 Å². The summed E-state index contributed by atoms with van der Waals surface area (Å²) >= 11 is 7.10. The van der Waals surface area contributed by atoms with Gasteiger partial charge >= 0.3 is 5.97 Å². The van der Waals surface area contributed by atoms with Gasteiger partial charge in [-0.1, -0.05) is 11.6 Å². The number of aromatic nitrogens is 4. The second-order valence-electron chi connectivity index (χ2n) is 5.39. The van der Waals surface area contributed by atoms with E-state index in [-0.39, 0.29) is 21.7 Å². The van der Waals surface area contributed by atoms with Crippen molar-refractivity contribution in [3.8, 4) is 10.9 Å². The van der Waals surface area contributed by atoms with Gasteiger partial charge in [-0.2, -0.15) is 0 Å².